The van der Waals surface area contributed by atoms with Crippen LogP contribution in [-0.2, 0) is 6.54 Å². The van der Waals surface area contributed by atoms with Crippen LogP contribution in [0, 0.1) is 0 Å². The lowest BCUT2D eigenvalue weighted by molar-refractivity contribution is 0.0691. The number of carboxylic acids is 1. The Bertz CT molecular complexity index is 672. The molecule has 0 aliphatic heterocycles. The molecule has 0 saturated carbocycles. The summed E-state index contributed by atoms with van der Waals surface area (Å²) in [4.78, 5) is 26.0. The average molecular weight is 312 g/mol. The summed E-state index contributed by atoms with van der Waals surface area (Å²) in [6, 6.07) is 4.73. The number of primary amides is 1. The quantitative estimate of drug-likeness (QED) is 0.785. The van der Waals surface area contributed by atoms with E-state index in [2.05, 4.69) is 10.3 Å². The maximum absolute atomic E-state index is 11.3. The van der Waals surface area contributed by atoms with Crippen molar-refractivity contribution in [1.29, 1.82) is 0 Å². The Hall–Kier alpha value is -2.12. The molecule has 104 valence electrons. The summed E-state index contributed by atoms with van der Waals surface area (Å²) in [6.07, 6.45) is 0. The number of nitrogens with two attached hydrogens (primary N) is 1. The van der Waals surface area contributed by atoms with Gasteiger partial charge in [-0.05, 0) is 18.2 Å². The summed E-state index contributed by atoms with van der Waals surface area (Å²) in [5, 5.41) is 14.2. The Kier molecular flexibility index (Phi) is 4.21. The van der Waals surface area contributed by atoms with Crippen molar-refractivity contribution in [2.75, 3.05) is 5.32 Å². The highest BCUT2D eigenvalue weighted by atomic mass is 35.5. The third kappa shape index (κ3) is 3.25. The van der Waals surface area contributed by atoms with Gasteiger partial charge in [-0.25, -0.2) is 9.78 Å². The number of hydrogen-bond acceptors (Lipinski definition) is 5. The summed E-state index contributed by atoms with van der Waals surface area (Å²) in [7, 11) is 0. The van der Waals surface area contributed by atoms with Gasteiger partial charge < -0.3 is 16.2 Å². The summed E-state index contributed by atoms with van der Waals surface area (Å²) in [5.41, 5.74) is 6.06. The molecular weight excluding hydrogens is 302 g/mol. The Morgan fingerprint density at radius 3 is 2.80 bits per heavy atom. The van der Waals surface area contributed by atoms with Crippen LogP contribution in [0.15, 0.2) is 23.6 Å². The van der Waals surface area contributed by atoms with Crippen LogP contribution in [0.1, 0.15) is 25.9 Å². The van der Waals surface area contributed by atoms with Gasteiger partial charge in [0.15, 0.2) is 5.69 Å². The molecule has 20 heavy (non-hydrogen) atoms. The molecule has 0 unspecified atom stereocenters. The van der Waals surface area contributed by atoms with Gasteiger partial charge in [0.05, 0.1) is 12.1 Å². The van der Waals surface area contributed by atoms with Crippen LogP contribution in [0.4, 0.5) is 5.69 Å². The lowest BCUT2D eigenvalue weighted by Crippen LogP contribution is -2.14. The lowest BCUT2D eigenvalue weighted by atomic mass is 10.1. The number of nitrogens with zero attached hydrogens (tertiary/aromatic N) is 1. The first kappa shape index (κ1) is 14.3. The number of rotatable bonds is 5. The molecule has 0 fully saturated rings. The van der Waals surface area contributed by atoms with E-state index in [0.717, 1.165) is 0 Å². The Labute approximate surface area is 123 Å². The molecule has 6 nitrogen and oxygen atoms in total. The van der Waals surface area contributed by atoms with Crippen LogP contribution in [0.2, 0.25) is 5.02 Å². The Morgan fingerprint density at radius 1 is 1.45 bits per heavy atom. The van der Waals surface area contributed by atoms with E-state index in [9.17, 15) is 9.59 Å². The second-order valence-corrected chi connectivity index (χ2v) is 5.22. The first-order chi connectivity index (χ1) is 9.47. The number of anilines is 1. The van der Waals surface area contributed by atoms with Gasteiger partial charge in [0, 0.05) is 16.1 Å². The molecule has 0 aliphatic rings. The smallest absolute Gasteiger partial charge is 0.355 e. The lowest BCUT2D eigenvalue weighted by Gasteiger charge is -2.09. The third-order valence-corrected chi connectivity index (χ3v) is 3.53. The van der Waals surface area contributed by atoms with Gasteiger partial charge >= 0.3 is 5.97 Å². The van der Waals surface area contributed by atoms with Crippen molar-refractivity contribution in [2.45, 2.75) is 6.54 Å². The molecular formula is C12H10ClN3O3S. The number of aromatic nitrogens is 1. The average Bonchev–Trinajstić information content (AvgIpc) is 2.86. The maximum atomic E-state index is 11.3. The van der Waals surface area contributed by atoms with E-state index in [1.807, 2.05) is 0 Å². The number of halogens is 1. The van der Waals surface area contributed by atoms with Crippen LogP contribution in [0.5, 0.6) is 0 Å². The van der Waals surface area contributed by atoms with Gasteiger partial charge in [-0.15, -0.1) is 11.3 Å². The highest BCUT2D eigenvalue weighted by Crippen LogP contribution is 2.21. The molecule has 1 aromatic carbocycles. The third-order valence-electron chi connectivity index (χ3n) is 2.45. The maximum Gasteiger partial charge on any atom is 0.355 e. The van der Waals surface area contributed by atoms with E-state index in [0.29, 0.717) is 22.3 Å². The molecule has 0 saturated heterocycles. The van der Waals surface area contributed by atoms with Crippen molar-refractivity contribution in [2.24, 2.45) is 5.73 Å². The van der Waals surface area contributed by atoms with Crippen LogP contribution in [-0.4, -0.2) is 22.0 Å². The molecule has 0 aliphatic carbocycles. The van der Waals surface area contributed by atoms with Gasteiger partial charge in [0.2, 0.25) is 0 Å². The number of carbonyl (C=O) groups excluding carboxylic acids is 1. The highest BCUT2D eigenvalue weighted by Gasteiger charge is 2.11. The van der Waals surface area contributed by atoms with Crippen LogP contribution in [0.3, 0.4) is 0 Å². The molecule has 1 heterocycles. The van der Waals surface area contributed by atoms with E-state index >= 15 is 0 Å². The Morgan fingerprint density at radius 2 is 2.20 bits per heavy atom. The normalized spacial score (nSPS) is 10.2. The van der Waals surface area contributed by atoms with Crippen molar-refractivity contribution < 1.29 is 14.7 Å². The molecule has 0 bridgehead atoms. The number of amides is 1. The largest absolute Gasteiger partial charge is 0.476 e. The predicted molar refractivity (Wildman–Crippen MR) is 76.4 cm³/mol. The van der Waals surface area contributed by atoms with E-state index in [1.54, 1.807) is 12.1 Å². The molecule has 2 aromatic rings. The topological polar surface area (TPSA) is 105 Å². The highest BCUT2D eigenvalue weighted by molar-refractivity contribution is 7.09. The van der Waals surface area contributed by atoms with Gasteiger partial charge in [-0.1, -0.05) is 11.6 Å². The molecule has 8 heteroatoms. The van der Waals surface area contributed by atoms with Gasteiger partial charge in [0.25, 0.3) is 5.91 Å². The summed E-state index contributed by atoms with van der Waals surface area (Å²) in [6.45, 7) is 0.292. The SMILES string of the molecule is NC(=O)c1cc(Cl)ccc1NCc1nc(C(=O)O)cs1. The molecule has 0 atom stereocenters. The van der Waals surface area contributed by atoms with E-state index in [4.69, 9.17) is 22.4 Å². The van der Waals surface area contributed by atoms with E-state index < -0.39 is 11.9 Å². The predicted octanol–water partition coefficient (Wildman–Crippen LogP) is 2.21. The van der Waals surface area contributed by atoms with Crippen LogP contribution < -0.4 is 11.1 Å². The number of nitrogens with one attached hydrogen (secondary N) is 1. The van der Waals surface area contributed by atoms with E-state index in [1.165, 1.54) is 22.8 Å². The number of carbonyl (C=O) groups is 2. The monoisotopic (exact) mass is 311 g/mol. The number of carboxylic acid groups (broad SMARTS) is 1. The zero-order valence-electron chi connectivity index (χ0n) is 10.1. The summed E-state index contributed by atoms with van der Waals surface area (Å²) >= 11 is 7.02. The second kappa shape index (κ2) is 5.89. The molecule has 4 N–H and O–H groups in total. The first-order valence-electron chi connectivity index (χ1n) is 5.48. The van der Waals surface area contributed by atoms with Crippen molar-refractivity contribution in [1.82, 2.24) is 4.98 Å². The standard InChI is InChI=1S/C12H10ClN3O3S/c13-6-1-2-8(7(3-6)11(14)17)15-4-10-16-9(5-20-10)12(18)19/h1-3,5,15H,4H2,(H2,14,17)(H,18,19). The van der Waals surface area contributed by atoms with Gasteiger partial charge in [-0.3, -0.25) is 4.79 Å². The van der Waals surface area contributed by atoms with Gasteiger partial charge in [0.1, 0.15) is 5.01 Å². The fourth-order valence-electron chi connectivity index (χ4n) is 1.54. The van der Waals surface area contributed by atoms with E-state index in [-0.39, 0.29) is 11.3 Å². The minimum Gasteiger partial charge on any atom is -0.476 e. The van der Waals surface area contributed by atoms with Crippen LogP contribution >= 0.6 is 22.9 Å². The van der Waals surface area contributed by atoms with Crippen molar-refractivity contribution in [3.05, 3.63) is 44.9 Å². The van der Waals surface area contributed by atoms with Gasteiger partial charge in [-0.2, -0.15) is 0 Å². The number of thiazole rings is 1. The van der Waals surface area contributed by atoms with Crippen LogP contribution in [0.25, 0.3) is 0 Å². The summed E-state index contributed by atoms with van der Waals surface area (Å²) < 4.78 is 0. The Balaban J connectivity index is 2.14. The number of aromatic carboxylic acids is 1. The number of hydrogen-bond donors (Lipinski definition) is 3. The fraction of sp³-hybridized carbons (Fsp3) is 0.0833. The molecule has 2 rings (SSSR count). The first-order valence-corrected chi connectivity index (χ1v) is 6.74. The summed E-state index contributed by atoms with van der Waals surface area (Å²) in [5.74, 6) is -1.67. The minimum absolute atomic E-state index is 0.00182. The van der Waals surface area contributed by atoms with Crippen molar-refractivity contribution in [3.63, 3.8) is 0 Å². The van der Waals surface area contributed by atoms with Crippen molar-refractivity contribution in [3.8, 4) is 0 Å². The minimum atomic E-state index is -1.07. The molecule has 1 amide bonds. The van der Waals surface area contributed by atoms with Crippen molar-refractivity contribution >= 4 is 40.5 Å². The molecule has 0 radical (unpaired) electrons. The molecule has 1 aromatic heterocycles. The second-order valence-electron chi connectivity index (χ2n) is 3.84. The number of benzene rings is 1. The fourth-order valence-corrected chi connectivity index (χ4v) is 2.42. The zero-order valence-corrected chi connectivity index (χ0v) is 11.7. The molecule has 0 spiro atoms. The zero-order chi connectivity index (χ0) is 14.7.